The smallest absolute Gasteiger partial charge is 0 e. The van der Waals surface area contributed by atoms with Crippen molar-refractivity contribution >= 4 is 5.57 Å². The van der Waals surface area contributed by atoms with Crippen LogP contribution in [0.25, 0.3) is 5.57 Å². The van der Waals surface area contributed by atoms with Crippen LogP contribution in [0.1, 0.15) is 51.2 Å². The summed E-state index contributed by atoms with van der Waals surface area (Å²) in [5.41, 5.74) is 5.81. The van der Waals surface area contributed by atoms with E-state index in [1.165, 1.54) is 29.7 Å². The second-order valence-electron chi connectivity index (χ2n) is 5.18. The molecule has 0 heterocycles. The Bertz CT molecular complexity index is 446. The number of rotatable bonds is 5. The van der Waals surface area contributed by atoms with Crippen LogP contribution in [0.3, 0.4) is 0 Å². The van der Waals surface area contributed by atoms with Gasteiger partial charge in [-0.25, -0.2) is 0 Å². The van der Waals surface area contributed by atoms with Crippen LogP contribution in [-0.2, 0) is 21.7 Å². The van der Waals surface area contributed by atoms with E-state index in [0.717, 1.165) is 13.1 Å². The van der Waals surface area contributed by atoms with E-state index in [1.807, 2.05) is 6.07 Å². The summed E-state index contributed by atoms with van der Waals surface area (Å²) in [4.78, 5) is 2.51. The number of hydrogen-bond donors (Lipinski definition) is 0. The Morgan fingerprint density at radius 1 is 1.21 bits per heavy atom. The maximum atomic E-state index is 3.40. The Morgan fingerprint density at radius 2 is 1.89 bits per heavy atom. The zero-order chi connectivity index (χ0) is 13.1. The number of nitrogens with zero attached hydrogens (tertiary/aromatic N) is 1. The van der Waals surface area contributed by atoms with E-state index in [0.29, 0.717) is 5.92 Å². The molecule has 1 aromatic rings. The fourth-order valence-electron chi connectivity index (χ4n) is 2.98. The maximum Gasteiger partial charge on any atom is 0 e. The molecule has 0 spiro atoms. The van der Waals surface area contributed by atoms with Crippen LogP contribution in [-0.4, -0.2) is 24.5 Å². The van der Waals surface area contributed by atoms with Crippen LogP contribution in [0.15, 0.2) is 23.8 Å². The van der Waals surface area contributed by atoms with Crippen molar-refractivity contribution in [2.75, 3.05) is 19.6 Å². The van der Waals surface area contributed by atoms with E-state index in [2.05, 4.69) is 50.8 Å². The first kappa shape index (κ1) is 16.7. The summed E-state index contributed by atoms with van der Waals surface area (Å²) in [6, 6.07) is 9.83. The summed E-state index contributed by atoms with van der Waals surface area (Å²) in [6.07, 6.45) is 1.23. The van der Waals surface area contributed by atoms with Crippen LogP contribution < -0.4 is 0 Å². The summed E-state index contributed by atoms with van der Waals surface area (Å²) in [7, 11) is 0. The molecule has 0 fully saturated rings. The predicted octanol–water partition coefficient (Wildman–Crippen LogP) is 4.11. The van der Waals surface area contributed by atoms with Gasteiger partial charge in [-0.05, 0) is 32.0 Å². The number of benzene rings is 1. The van der Waals surface area contributed by atoms with Gasteiger partial charge in [0.15, 0.2) is 0 Å². The molecule has 1 aromatic carbocycles. The molecule has 1 aliphatic rings. The van der Waals surface area contributed by atoms with Crippen molar-refractivity contribution in [3.63, 3.8) is 0 Å². The van der Waals surface area contributed by atoms with Crippen molar-refractivity contribution in [1.29, 1.82) is 0 Å². The van der Waals surface area contributed by atoms with Gasteiger partial charge in [0.05, 0.1) is 0 Å². The van der Waals surface area contributed by atoms with Gasteiger partial charge in [-0.1, -0.05) is 27.7 Å². The predicted molar refractivity (Wildman–Crippen MR) is 78.7 cm³/mol. The molecule has 2 rings (SSSR count). The minimum absolute atomic E-state index is 0. The van der Waals surface area contributed by atoms with Gasteiger partial charge in [0.25, 0.3) is 0 Å². The molecule has 1 aliphatic carbocycles. The van der Waals surface area contributed by atoms with Gasteiger partial charge in [-0.15, -0.1) is 46.5 Å². The fraction of sp³-hybridized carbons (Fsp3) is 0.529. The van der Waals surface area contributed by atoms with Gasteiger partial charge in [-0.2, -0.15) is 0 Å². The first-order valence-electron chi connectivity index (χ1n) is 7.09. The second-order valence-corrected chi connectivity index (χ2v) is 5.18. The monoisotopic (exact) mass is 290 g/mol. The molecule has 0 saturated carbocycles. The molecular weight excluding hydrogens is 266 g/mol. The van der Waals surface area contributed by atoms with Crippen molar-refractivity contribution in [2.45, 2.75) is 40.0 Å². The van der Waals surface area contributed by atoms with Crippen molar-refractivity contribution in [3.8, 4) is 0 Å². The maximum absolute atomic E-state index is 3.40. The molecule has 0 saturated heterocycles. The zero-order valence-corrected chi connectivity index (χ0v) is 14.1. The molecule has 0 radical (unpaired) electrons. The Morgan fingerprint density at radius 3 is 2.53 bits per heavy atom. The van der Waals surface area contributed by atoms with E-state index < -0.39 is 0 Å². The summed E-state index contributed by atoms with van der Waals surface area (Å²) in [5, 5.41) is 0. The van der Waals surface area contributed by atoms with E-state index in [1.54, 1.807) is 5.57 Å². The van der Waals surface area contributed by atoms with Crippen LogP contribution in [0.4, 0.5) is 0 Å². The first-order valence-corrected chi connectivity index (χ1v) is 7.09. The molecule has 0 amide bonds. The zero-order valence-electron chi connectivity index (χ0n) is 12.6. The third-order valence-electron chi connectivity index (χ3n) is 4.38. The van der Waals surface area contributed by atoms with Crippen LogP contribution in [0.2, 0.25) is 0 Å². The normalized spacial score (nSPS) is 17.6. The molecule has 0 N–H and O–H groups in total. The number of allylic oxidation sites excluding steroid dienone is 2. The topological polar surface area (TPSA) is 3.24 Å². The summed E-state index contributed by atoms with van der Waals surface area (Å²) in [5.74, 6) is 0.609. The third-order valence-corrected chi connectivity index (χ3v) is 4.38. The van der Waals surface area contributed by atoms with Crippen molar-refractivity contribution in [2.24, 2.45) is 0 Å². The van der Waals surface area contributed by atoms with Gasteiger partial charge in [-0.3, -0.25) is 0 Å². The van der Waals surface area contributed by atoms with Gasteiger partial charge in [0.1, 0.15) is 0 Å². The van der Waals surface area contributed by atoms with E-state index in [4.69, 9.17) is 0 Å². The van der Waals surface area contributed by atoms with Gasteiger partial charge >= 0.3 is 0 Å². The summed E-state index contributed by atoms with van der Waals surface area (Å²) >= 11 is 0. The minimum atomic E-state index is 0. The molecule has 0 aliphatic heterocycles. The van der Waals surface area contributed by atoms with Crippen molar-refractivity contribution < 1.29 is 21.7 Å². The van der Waals surface area contributed by atoms with Crippen LogP contribution in [0.5, 0.6) is 0 Å². The Balaban J connectivity index is 0.00000180. The minimum Gasteiger partial charge on any atom is -0.304 e. The number of hydrogen-bond acceptors (Lipinski definition) is 1. The van der Waals surface area contributed by atoms with Gasteiger partial charge in [0.2, 0.25) is 0 Å². The summed E-state index contributed by atoms with van der Waals surface area (Å²) in [6.45, 7) is 12.5. The molecule has 0 aromatic heterocycles. The average molecular weight is 290 g/mol. The largest absolute Gasteiger partial charge is 0.304 e. The van der Waals surface area contributed by atoms with E-state index in [-0.39, 0.29) is 21.7 Å². The average Bonchev–Trinajstić information content (AvgIpc) is 2.65. The second kappa shape index (κ2) is 7.43. The molecule has 2 heteroatoms. The van der Waals surface area contributed by atoms with Crippen molar-refractivity contribution in [3.05, 3.63) is 41.0 Å². The van der Waals surface area contributed by atoms with Crippen molar-refractivity contribution in [1.82, 2.24) is 4.90 Å². The molecule has 19 heavy (non-hydrogen) atoms. The standard InChI is InChI=1S/C17H24N.Ti/c1-5-18(6-2)12-11-16-14(4)13(3)15-9-7-8-10-17(15)16;/h7-8,10,16H,5-6,11-12H2,1-4H3;/q-1;. The molecule has 102 valence electrons. The Labute approximate surface area is 133 Å². The Kier molecular flexibility index (Phi) is 6.52. The SMILES string of the molecule is CCN(CC)CCC1C(C)=C(C)c2[c-]cccc21.[Ti]. The fourth-order valence-corrected chi connectivity index (χ4v) is 2.98. The number of fused-ring (bicyclic) bond motifs is 1. The molecule has 1 nitrogen and oxygen atoms in total. The van der Waals surface area contributed by atoms with E-state index >= 15 is 0 Å². The quantitative estimate of drug-likeness (QED) is 0.583. The van der Waals surface area contributed by atoms with Gasteiger partial charge in [0, 0.05) is 21.7 Å². The third kappa shape index (κ3) is 3.39. The van der Waals surface area contributed by atoms with Crippen LogP contribution in [0, 0.1) is 6.07 Å². The van der Waals surface area contributed by atoms with Gasteiger partial charge < -0.3 is 4.90 Å². The molecule has 1 atom stereocenters. The van der Waals surface area contributed by atoms with Crippen LogP contribution >= 0.6 is 0 Å². The summed E-state index contributed by atoms with van der Waals surface area (Å²) < 4.78 is 0. The Hall–Kier alpha value is -0.366. The van der Waals surface area contributed by atoms with E-state index in [9.17, 15) is 0 Å². The molecular formula is C17H24NTi-. The molecule has 1 unspecified atom stereocenters. The molecule has 0 bridgehead atoms. The first-order chi connectivity index (χ1) is 8.69.